The Bertz CT molecular complexity index is 808. The van der Waals surface area contributed by atoms with E-state index in [1.807, 2.05) is 15.8 Å². The Balaban J connectivity index is 1.17. The van der Waals surface area contributed by atoms with Crippen LogP contribution in [-0.2, 0) is 13.0 Å². The Morgan fingerprint density at radius 3 is 2.52 bits per heavy atom. The van der Waals surface area contributed by atoms with E-state index in [2.05, 4.69) is 57.5 Å². The smallest absolute Gasteiger partial charge is 0.276 e. The van der Waals surface area contributed by atoms with Crippen LogP contribution in [0.2, 0.25) is 0 Å². The molecule has 3 heterocycles. The molecule has 31 heavy (non-hydrogen) atoms. The fourth-order valence-electron chi connectivity index (χ4n) is 4.72. The number of carbonyl (C=O) groups is 1. The minimum Gasteiger partial charge on any atom is -0.337 e. The average Bonchev–Trinajstić information content (AvgIpc) is 3.31. The van der Waals surface area contributed by atoms with Gasteiger partial charge < -0.3 is 14.7 Å². The molecule has 0 N–H and O–H groups in total. The highest BCUT2D eigenvalue weighted by molar-refractivity contribution is 5.91. The van der Waals surface area contributed by atoms with Crippen molar-refractivity contribution in [2.24, 2.45) is 0 Å². The lowest BCUT2D eigenvalue weighted by molar-refractivity contribution is 0.0718. The second-order valence-corrected chi connectivity index (χ2v) is 9.01. The number of benzene rings is 1. The largest absolute Gasteiger partial charge is 0.337 e. The lowest BCUT2D eigenvalue weighted by Crippen LogP contribution is -2.44. The maximum Gasteiger partial charge on any atom is 0.276 e. The van der Waals surface area contributed by atoms with Crippen molar-refractivity contribution in [1.29, 1.82) is 0 Å². The van der Waals surface area contributed by atoms with Crippen LogP contribution < -0.4 is 0 Å². The Hall–Kier alpha value is -2.25. The fraction of sp³-hybridized carbons (Fsp3) is 0.625. The highest BCUT2D eigenvalue weighted by atomic mass is 16.2. The first kappa shape index (κ1) is 22.0. The predicted molar refractivity (Wildman–Crippen MR) is 122 cm³/mol. The lowest BCUT2D eigenvalue weighted by Gasteiger charge is -2.36. The molecule has 0 bridgehead atoms. The van der Waals surface area contributed by atoms with Crippen LogP contribution in [0.5, 0.6) is 0 Å². The van der Waals surface area contributed by atoms with Gasteiger partial charge in [0, 0.05) is 32.2 Å². The van der Waals surface area contributed by atoms with Gasteiger partial charge in [0.05, 0.1) is 12.7 Å². The van der Waals surface area contributed by atoms with Crippen LogP contribution in [0.3, 0.4) is 0 Å². The van der Waals surface area contributed by atoms with Crippen molar-refractivity contribution in [2.45, 2.75) is 51.1 Å². The van der Waals surface area contributed by atoms with Gasteiger partial charge in [-0.05, 0) is 64.2 Å². The normalized spacial score (nSPS) is 18.6. The minimum atomic E-state index is 0.0298. The van der Waals surface area contributed by atoms with E-state index in [0.717, 1.165) is 52.0 Å². The zero-order valence-electron chi connectivity index (χ0n) is 18.8. The molecule has 0 spiro atoms. The molecule has 1 amide bonds. The number of aromatic nitrogens is 3. The molecular weight excluding hydrogens is 388 g/mol. The summed E-state index contributed by atoms with van der Waals surface area (Å²) < 4.78 is 1.82. The molecular formula is C24H36N6O. The molecule has 0 atom stereocenters. The number of hydrogen-bond donors (Lipinski definition) is 0. The van der Waals surface area contributed by atoms with E-state index in [-0.39, 0.29) is 5.91 Å². The van der Waals surface area contributed by atoms with Gasteiger partial charge >= 0.3 is 0 Å². The Morgan fingerprint density at radius 2 is 1.77 bits per heavy atom. The number of likely N-dealkylation sites (tertiary alicyclic amines) is 2. The summed E-state index contributed by atoms with van der Waals surface area (Å²) in [5.74, 6) is 0.0298. The van der Waals surface area contributed by atoms with Crippen molar-refractivity contribution in [2.75, 3.05) is 46.3 Å². The summed E-state index contributed by atoms with van der Waals surface area (Å²) >= 11 is 0. The maximum absolute atomic E-state index is 12.6. The number of piperidine rings is 2. The quantitative estimate of drug-likeness (QED) is 0.652. The van der Waals surface area contributed by atoms with Gasteiger partial charge in [-0.15, -0.1) is 5.10 Å². The molecule has 2 aliphatic rings. The number of rotatable bonds is 8. The average molecular weight is 425 g/mol. The zero-order valence-corrected chi connectivity index (χ0v) is 18.8. The molecule has 1 aromatic heterocycles. The van der Waals surface area contributed by atoms with Crippen LogP contribution in [0.4, 0.5) is 0 Å². The monoisotopic (exact) mass is 424 g/mol. The molecule has 7 heteroatoms. The number of hydrogen-bond acceptors (Lipinski definition) is 5. The van der Waals surface area contributed by atoms with Crippen LogP contribution in [0.15, 0.2) is 36.5 Å². The van der Waals surface area contributed by atoms with Crippen molar-refractivity contribution in [3.05, 3.63) is 47.8 Å². The number of nitrogens with zero attached hydrogens (tertiary/aromatic N) is 6. The van der Waals surface area contributed by atoms with Gasteiger partial charge in [0.15, 0.2) is 5.69 Å². The summed E-state index contributed by atoms with van der Waals surface area (Å²) in [5.41, 5.74) is 1.91. The van der Waals surface area contributed by atoms with Crippen LogP contribution in [-0.4, -0.2) is 88.0 Å². The van der Waals surface area contributed by atoms with E-state index in [9.17, 15) is 4.79 Å². The van der Waals surface area contributed by atoms with Gasteiger partial charge in [-0.3, -0.25) is 9.48 Å². The summed E-state index contributed by atoms with van der Waals surface area (Å²) in [6.45, 7) is 6.86. The molecule has 0 unspecified atom stereocenters. The molecule has 168 valence electrons. The SMILES string of the molecule is CN(CCn1cc(C(=O)N2CCCCC2)nn1)C1CCN(CCc2ccccc2)CC1. The third-order valence-corrected chi connectivity index (χ3v) is 6.82. The van der Waals surface area contributed by atoms with E-state index >= 15 is 0 Å². The first-order valence-corrected chi connectivity index (χ1v) is 11.8. The molecule has 1 aromatic carbocycles. The Morgan fingerprint density at radius 1 is 1.03 bits per heavy atom. The first-order chi connectivity index (χ1) is 15.2. The molecule has 0 radical (unpaired) electrons. The van der Waals surface area contributed by atoms with E-state index in [4.69, 9.17) is 0 Å². The number of carbonyl (C=O) groups excluding carboxylic acids is 1. The van der Waals surface area contributed by atoms with Crippen LogP contribution >= 0.6 is 0 Å². The Labute approximate surface area is 186 Å². The molecule has 4 rings (SSSR count). The second-order valence-electron chi connectivity index (χ2n) is 9.01. The topological polar surface area (TPSA) is 57.5 Å². The highest BCUT2D eigenvalue weighted by Crippen LogP contribution is 2.16. The maximum atomic E-state index is 12.6. The van der Waals surface area contributed by atoms with E-state index in [1.165, 1.54) is 37.9 Å². The summed E-state index contributed by atoms with van der Waals surface area (Å²) in [7, 11) is 2.21. The van der Waals surface area contributed by atoms with Gasteiger partial charge in [-0.1, -0.05) is 35.5 Å². The molecule has 0 saturated carbocycles. The van der Waals surface area contributed by atoms with Crippen molar-refractivity contribution in [3.8, 4) is 0 Å². The van der Waals surface area contributed by atoms with Gasteiger partial charge in [0.1, 0.15) is 0 Å². The third kappa shape index (κ3) is 6.14. The molecule has 7 nitrogen and oxygen atoms in total. The van der Waals surface area contributed by atoms with E-state index in [0.29, 0.717) is 11.7 Å². The zero-order chi connectivity index (χ0) is 21.5. The summed E-state index contributed by atoms with van der Waals surface area (Å²) in [6.07, 6.45) is 8.77. The summed E-state index contributed by atoms with van der Waals surface area (Å²) in [4.78, 5) is 19.5. The molecule has 0 aliphatic carbocycles. The lowest BCUT2D eigenvalue weighted by atomic mass is 10.0. The van der Waals surface area contributed by atoms with Crippen molar-refractivity contribution < 1.29 is 4.79 Å². The van der Waals surface area contributed by atoms with Crippen molar-refractivity contribution >= 4 is 5.91 Å². The van der Waals surface area contributed by atoms with Crippen LogP contribution in [0, 0.1) is 0 Å². The van der Waals surface area contributed by atoms with Gasteiger partial charge in [-0.2, -0.15) is 0 Å². The number of amides is 1. The van der Waals surface area contributed by atoms with Crippen molar-refractivity contribution in [3.63, 3.8) is 0 Å². The van der Waals surface area contributed by atoms with Gasteiger partial charge in [-0.25, -0.2) is 0 Å². The standard InChI is InChI=1S/C24H36N6O/c1-27(22-11-16-28(17-12-22)15-10-21-8-4-2-5-9-21)18-19-30-20-23(25-26-30)24(31)29-13-6-3-7-14-29/h2,4-5,8-9,20,22H,3,6-7,10-19H2,1H3. The fourth-order valence-corrected chi connectivity index (χ4v) is 4.72. The molecule has 2 aliphatic heterocycles. The summed E-state index contributed by atoms with van der Waals surface area (Å²) in [6, 6.07) is 11.4. The second kappa shape index (κ2) is 10.9. The first-order valence-electron chi connectivity index (χ1n) is 11.8. The molecule has 2 aromatic rings. The number of likely N-dealkylation sites (N-methyl/N-ethyl adjacent to an activating group) is 1. The molecule has 2 saturated heterocycles. The van der Waals surface area contributed by atoms with Gasteiger partial charge in [0.2, 0.25) is 0 Å². The van der Waals surface area contributed by atoms with Crippen molar-refractivity contribution in [1.82, 2.24) is 29.7 Å². The van der Waals surface area contributed by atoms with E-state index in [1.54, 1.807) is 0 Å². The molecule has 2 fully saturated rings. The van der Waals surface area contributed by atoms with Gasteiger partial charge in [0.25, 0.3) is 5.91 Å². The predicted octanol–water partition coefficient (Wildman–Crippen LogP) is 2.54. The van der Waals surface area contributed by atoms with E-state index < -0.39 is 0 Å². The minimum absolute atomic E-state index is 0.0298. The highest BCUT2D eigenvalue weighted by Gasteiger charge is 2.23. The van der Waals surface area contributed by atoms with Crippen LogP contribution in [0.25, 0.3) is 0 Å². The van der Waals surface area contributed by atoms with Crippen LogP contribution in [0.1, 0.15) is 48.2 Å². The Kier molecular flexibility index (Phi) is 7.70. The summed E-state index contributed by atoms with van der Waals surface area (Å²) in [5, 5.41) is 8.33. The third-order valence-electron chi connectivity index (χ3n) is 6.82.